The van der Waals surface area contributed by atoms with Crippen molar-refractivity contribution in [2.24, 2.45) is 0 Å². The van der Waals surface area contributed by atoms with Crippen LogP contribution in [0.2, 0.25) is 0 Å². The van der Waals surface area contributed by atoms with E-state index < -0.39 is 0 Å². The molecule has 0 spiro atoms. The predicted octanol–water partition coefficient (Wildman–Crippen LogP) is 2.62. The Bertz CT molecular complexity index is 657. The highest BCUT2D eigenvalue weighted by Gasteiger charge is 2.11. The van der Waals surface area contributed by atoms with Crippen molar-refractivity contribution in [2.45, 2.75) is 6.92 Å². The van der Waals surface area contributed by atoms with E-state index >= 15 is 0 Å². The van der Waals surface area contributed by atoms with Crippen LogP contribution in [0.25, 0.3) is 0 Å². The van der Waals surface area contributed by atoms with Gasteiger partial charge in [-0.2, -0.15) is 0 Å². The van der Waals surface area contributed by atoms with Crippen molar-refractivity contribution in [1.29, 1.82) is 0 Å². The monoisotopic (exact) mass is 315 g/mol. The van der Waals surface area contributed by atoms with Crippen molar-refractivity contribution in [3.05, 3.63) is 54.1 Å². The fraction of sp³-hybridized carbons (Fsp3) is 0.278. The van der Waals surface area contributed by atoms with Crippen molar-refractivity contribution < 1.29 is 19.4 Å². The van der Waals surface area contributed by atoms with E-state index in [1.807, 2.05) is 31.2 Å². The van der Waals surface area contributed by atoms with Gasteiger partial charge in [0.15, 0.2) is 18.1 Å². The summed E-state index contributed by atoms with van der Waals surface area (Å²) >= 11 is 0. The lowest BCUT2D eigenvalue weighted by Gasteiger charge is -2.18. The highest BCUT2D eigenvalue weighted by molar-refractivity contribution is 5.77. The quantitative estimate of drug-likeness (QED) is 0.853. The SMILES string of the molecule is Cc1cccc(OCCN(C)C(=O)COc2ccccc2O)c1. The van der Waals surface area contributed by atoms with Crippen LogP contribution in [-0.2, 0) is 4.79 Å². The van der Waals surface area contributed by atoms with Crippen LogP contribution >= 0.6 is 0 Å². The molecule has 122 valence electrons. The number of hydrogen-bond acceptors (Lipinski definition) is 4. The number of likely N-dealkylation sites (N-methyl/N-ethyl adjacent to an activating group) is 1. The number of hydrogen-bond donors (Lipinski definition) is 1. The second-order valence-electron chi connectivity index (χ2n) is 5.24. The maximum Gasteiger partial charge on any atom is 0.260 e. The van der Waals surface area contributed by atoms with Gasteiger partial charge >= 0.3 is 0 Å². The molecule has 0 aliphatic heterocycles. The van der Waals surface area contributed by atoms with Crippen LogP contribution in [-0.4, -0.2) is 42.7 Å². The molecular formula is C18H21NO4. The fourth-order valence-corrected chi connectivity index (χ4v) is 1.96. The molecule has 0 aliphatic carbocycles. The Labute approximate surface area is 136 Å². The number of nitrogens with zero attached hydrogens (tertiary/aromatic N) is 1. The number of phenolic OH excluding ortho intramolecular Hbond substituents is 1. The molecule has 2 aromatic rings. The topological polar surface area (TPSA) is 59.0 Å². The summed E-state index contributed by atoms with van der Waals surface area (Å²) in [5.74, 6) is 0.924. The normalized spacial score (nSPS) is 10.2. The molecule has 0 heterocycles. The van der Waals surface area contributed by atoms with Crippen LogP contribution in [0, 0.1) is 6.92 Å². The average molecular weight is 315 g/mol. The van der Waals surface area contributed by atoms with E-state index in [0.717, 1.165) is 11.3 Å². The van der Waals surface area contributed by atoms with Gasteiger partial charge in [0.05, 0.1) is 6.54 Å². The van der Waals surface area contributed by atoms with E-state index in [2.05, 4.69) is 0 Å². The van der Waals surface area contributed by atoms with Crippen molar-refractivity contribution in [2.75, 3.05) is 26.8 Å². The second-order valence-corrected chi connectivity index (χ2v) is 5.24. The Balaban J connectivity index is 1.73. The van der Waals surface area contributed by atoms with Gasteiger partial charge in [0.25, 0.3) is 5.91 Å². The van der Waals surface area contributed by atoms with Gasteiger partial charge in [-0.05, 0) is 36.8 Å². The zero-order chi connectivity index (χ0) is 16.7. The minimum absolute atomic E-state index is 0.0192. The molecule has 0 bridgehead atoms. The fourth-order valence-electron chi connectivity index (χ4n) is 1.96. The Kier molecular flexibility index (Phi) is 5.86. The lowest BCUT2D eigenvalue weighted by Crippen LogP contribution is -2.34. The van der Waals surface area contributed by atoms with Crippen LogP contribution in [0.5, 0.6) is 17.2 Å². The number of amides is 1. The molecule has 1 N–H and O–H groups in total. The van der Waals surface area contributed by atoms with Gasteiger partial charge < -0.3 is 19.5 Å². The standard InChI is InChI=1S/C18H21NO4/c1-14-6-5-7-15(12-14)22-11-10-19(2)18(21)13-23-17-9-4-3-8-16(17)20/h3-9,12,20H,10-11,13H2,1-2H3. The molecule has 2 aromatic carbocycles. The third-order valence-electron chi connectivity index (χ3n) is 3.33. The highest BCUT2D eigenvalue weighted by Crippen LogP contribution is 2.24. The number of para-hydroxylation sites is 2. The van der Waals surface area contributed by atoms with E-state index in [-0.39, 0.29) is 18.3 Å². The van der Waals surface area contributed by atoms with E-state index in [0.29, 0.717) is 18.9 Å². The van der Waals surface area contributed by atoms with Crippen LogP contribution in [0.15, 0.2) is 48.5 Å². The molecule has 0 aliphatic rings. The number of carbonyl (C=O) groups excluding carboxylic acids is 1. The molecular weight excluding hydrogens is 294 g/mol. The summed E-state index contributed by atoms with van der Waals surface area (Å²) in [7, 11) is 1.69. The predicted molar refractivity (Wildman–Crippen MR) is 87.9 cm³/mol. The van der Waals surface area contributed by atoms with E-state index in [1.165, 1.54) is 11.0 Å². The van der Waals surface area contributed by atoms with E-state index in [9.17, 15) is 9.90 Å². The van der Waals surface area contributed by atoms with Crippen LogP contribution in [0.1, 0.15) is 5.56 Å². The molecule has 5 heteroatoms. The third kappa shape index (κ3) is 5.21. The lowest BCUT2D eigenvalue weighted by molar-refractivity contribution is -0.132. The Morgan fingerprint density at radius 1 is 1.13 bits per heavy atom. The molecule has 0 aromatic heterocycles. The van der Waals surface area contributed by atoms with Crippen LogP contribution < -0.4 is 9.47 Å². The molecule has 2 rings (SSSR count). The first kappa shape index (κ1) is 16.7. The van der Waals surface area contributed by atoms with Crippen molar-refractivity contribution in [3.63, 3.8) is 0 Å². The minimum atomic E-state index is -0.180. The van der Waals surface area contributed by atoms with Gasteiger partial charge in [0.1, 0.15) is 12.4 Å². The van der Waals surface area contributed by atoms with Gasteiger partial charge in [0.2, 0.25) is 0 Å². The Hall–Kier alpha value is -2.69. The maximum atomic E-state index is 12.0. The number of phenols is 1. The minimum Gasteiger partial charge on any atom is -0.504 e. The second kappa shape index (κ2) is 8.08. The van der Waals surface area contributed by atoms with E-state index in [4.69, 9.17) is 9.47 Å². The molecule has 0 radical (unpaired) electrons. The summed E-state index contributed by atoms with van der Waals surface area (Å²) in [5, 5.41) is 9.58. The number of benzene rings is 2. The number of carbonyl (C=O) groups is 1. The van der Waals surface area contributed by atoms with Gasteiger partial charge in [-0.3, -0.25) is 4.79 Å². The first-order valence-corrected chi connectivity index (χ1v) is 7.40. The summed E-state index contributed by atoms with van der Waals surface area (Å²) < 4.78 is 10.9. The number of aryl methyl sites for hydroxylation is 1. The average Bonchev–Trinajstić information content (AvgIpc) is 2.54. The summed E-state index contributed by atoms with van der Waals surface area (Å²) in [6.07, 6.45) is 0. The summed E-state index contributed by atoms with van der Waals surface area (Å²) in [5.41, 5.74) is 1.13. The Morgan fingerprint density at radius 3 is 2.65 bits per heavy atom. The zero-order valence-electron chi connectivity index (χ0n) is 13.4. The molecule has 0 unspecified atom stereocenters. The molecule has 0 fully saturated rings. The van der Waals surface area contributed by atoms with Crippen molar-refractivity contribution >= 4 is 5.91 Å². The summed E-state index contributed by atoms with van der Waals surface area (Å²) in [4.78, 5) is 13.5. The maximum absolute atomic E-state index is 12.0. The number of ether oxygens (including phenoxy) is 2. The van der Waals surface area contributed by atoms with Gasteiger partial charge in [-0.25, -0.2) is 0 Å². The molecule has 0 saturated heterocycles. The summed E-state index contributed by atoms with van der Waals surface area (Å²) in [6, 6.07) is 14.3. The molecule has 0 atom stereocenters. The first-order valence-electron chi connectivity index (χ1n) is 7.40. The number of rotatable bonds is 7. The van der Waals surface area contributed by atoms with Gasteiger partial charge in [0, 0.05) is 7.05 Å². The first-order chi connectivity index (χ1) is 11.1. The van der Waals surface area contributed by atoms with Crippen molar-refractivity contribution in [1.82, 2.24) is 4.90 Å². The van der Waals surface area contributed by atoms with E-state index in [1.54, 1.807) is 25.2 Å². The van der Waals surface area contributed by atoms with Gasteiger partial charge in [-0.1, -0.05) is 24.3 Å². The summed E-state index contributed by atoms with van der Waals surface area (Å²) in [6.45, 7) is 2.73. The third-order valence-corrected chi connectivity index (χ3v) is 3.33. The Morgan fingerprint density at radius 2 is 1.91 bits per heavy atom. The zero-order valence-corrected chi connectivity index (χ0v) is 13.4. The van der Waals surface area contributed by atoms with Crippen molar-refractivity contribution in [3.8, 4) is 17.2 Å². The molecule has 5 nitrogen and oxygen atoms in total. The highest BCUT2D eigenvalue weighted by atomic mass is 16.5. The van der Waals surface area contributed by atoms with Crippen LogP contribution in [0.4, 0.5) is 0 Å². The largest absolute Gasteiger partial charge is 0.504 e. The molecule has 23 heavy (non-hydrogen) atoms. The van der Waals surface area contributed by atoms with Crippen LogP contribution in [0.3, 0.4) is 0 Å². The van der Waals surface area contributed by atoms with Gasteiger partial charge in [-0.15, -0.1) is 0 Å². The molecule has 0 saturated carbocycles. The number of aromatic hydroxyl groups is 1. The molecule has 1 amide bonds. The lowest BCUT2D eigenvalue weighted by atomic mass is 10.2. The smallest absolute Gasteiger partial charge is 0.260 e.